The van der Waals surface area contributed by atoms with Gasteiger partial charge in [0.05, 0.1) is 11.7 Å². The molecular weight excluding hydrogens is 292 g/mol. The second-order valence-electron chi connectivity index (χ2n) is 5.42. The lowest BCUT2D eigenvalue weighted by molar-refractivity contribution is -0.145. The van der Waals surface area contributed by atoms with Gasteiger partial charge in [-0.25, -0.2) is 0 Å². The Kier molecular flexibility index (Phi) is 5.22. The van der Waals surface area contributed by atoms with Crippen LogP contribution in [0.25, 0.3) is 0 Å². The van der Waals surface area contributed by atoms with Crippen molar-refractivity contribution in [2.45, 2.75) is 37.9 Å². The van der Waals surface area contributed by atoms with Gasteiger partial charge in [0.2, 0.25) is 5.91 Å². The number of aliphatic carboxylic acids is 1. The third-order valence-electron chi connectivity index (χ3n) is 3.54. The molecule has 2 heterocycles. The second-order valence-corrected chi connectivity index (χ2v) is 6.36. The number of likely N-dealkylation sites (tertiary alicyclic amines) is 1. The number of aromatic nitrogens is 3. The number of piperidine rings is 1. The molecule has 116 valence electrons. The van der Waals surface area contributed by atoms with Crippen LogP contribution in [0, 0.1) is 5.92 Å². The standard InChI is InChI=1S/C13H20N4O3S/c1-9(2)17-8-14-15-13(17)21-7-11(18)16-5-3-4-10(6-16)12(19)20/h8-10H,3-7H2,1-2H3,(H,19,20). The molecule has 1 N–H and O–H groups in total. The number of carbonyl (C=O) groups excluding carboxylic acids is 1. The van der Waals surface area contributed by atoms with Crippen LogP contribution in [0.4, 0.5) is 0 Å². The number of thioether (sulfide) groups is 1. The van der Waals surface area contributed by atoms with Crippen molar-refractivity contribution in [3.63, 3.8) is 0 Å². The maximum atomic E-state index is 12.2. The highest BCUT2D eigenvalue weighted by atomic mass is 32.2. The van der Waals surface area contributed by atoms with Crippen molar-refractivity contribution < 1.29 is 14.7 Å². The first-order valence-corrected chi connectivity index (χ1v) is 8.00. The summed E-state index contributed by atoms with van der Waals surface area (Å²) >= 11 is 1.34. The molecular formula is C13H20N4O3S. The lowest BCUT2D eigenvalue weighted by atomic mass is 9.98. The lowest BCUT2D eigenvalue weighted by Gasteiger charge is -2.30. The summed E-state index contributed by atoms with van der Waals surface area (Å²) in [5.74, 6) is -1.03. The molecule has 1 aromatic rings. The minimum Gasteiger partial charge on any atom is -0.481 e. The van der Waals surface area contributed by atoms with Crippen molar-refractivity contribution in [2.75, 3.05) is 18.8 Å². The first-order chi connectivity index (χ1) is 9.99. The van der Waals surface area contributed by atoms with E-state index in [1.54, 1.807) is 11.2 Å². The normalized spacial score (nSPS) is 19.0. The number of hydrogen-bond donors (Lipinski definition) is 1. The first-order valence-electron chi connectivity index (χ1n) is 7.02. The summed E-state index contributed by atoms with van der Waals surface area (Å²) in [4.78, 5) is 24.9. The van der Waals surface area contributed by atoms with Gasteiger partial charge in [-0.3, -0.25) is 9.59 Å². The van der Waals surface area contributed by atoms with Crippen LogP contribution in [0.3, 0.4) is 0 Å². The van der Waals surface area contributed by atoms with Crippen LogP contribution in [0.15, 0.2) is 11.5 Å². The number of carbonyl (C=O) groups is 2. The van der Waals surface area contributed by atoms with Gasteiger partial charge in [0, 0.05) is 19.1 Å². The molecule has 0 bridgehead atoms. The monoisotopic (exact) mass is 312 g/mol. The third kappa shape index (κ3) is 3.96. The van der Waals surface area contributed by atoms with Crippen molar-refractivity contribution in [3.05, 3.63) is 6.33 Å². The Labute approximate surface area is 127 Å². The molecule has 1 fully saturated rings. The van der Waals surface area contributed by atoms with Crippen LogP contribution < -0.4 is 0 Å². The van der Waals surface area contributed by atoms with Gasteiger partial charge in [0.25, 0.3) is 0 Å². The molecule has 0 aromatic carbocycles. The predicted molar refractivity (Wildman–Crippen MR) is 78.1 cm³/mol. The Morgan fingerprint density at radius 3 is 2.95 bits per heavy atom. The lowest BCUT2D eigenvalue weighted by Crippen LogP contribution is -2.43. The Balaban J connectivity index is 1.89. The summed E-state index contributed by atoms with van der Waals surface area (Å²) in [7, 11) is 0. The fourth-order valence-electron chi connectivity index (χ4n) is 2.31. The highest BCUT2D eigenvalue weighted by molar-refractivity contribution is 7.99. The molecule has 1 unspecified atom stereocenters. The molecule has 1 saturated heterocycles. The molecule has 0 spiro atoms. The minimum absolute atomic E-state index is 0.0377. The van der Waals surface area contributed by atoms with Gasteiger partial charge < -0.3 is 14.6 Å². The topological polar surface area (TPSA) is 88.3 Å². The molecule has 0 radical (unpaired) electrons. The van der Waals surface area contributed by atoms with Gasteiger partial charge in [-0.05, 0) is 26.7 Å². The van der Waals surface area contributed by atoms with Gasteiger partial charge in [0.1, 0.15) is 6.33 Å². The number of rotatable bonds is 5. The molecule has 1 atom stereocenters. The van der Waals surface area contributed by atoms with Gasteiger partial charge in [-0.2, -0.15) is 0 Å². The summed E-state index contributed by atoms with van der Waals surface area (Å²) in [6, 6.07) is 0.240. The third-order valence-corrected chi connectivity index (χ3v) is 4.49. The Bertz CT molecular complexity index is 517. The smallest absolute Gasteiger partial charge is 0.308 e. The Morgan fingerprint density at radius 2 is 2.29 bits per heavy atom. The zero-order chi connectivity index (χ0) is 15.4. The number of hydrogen-bond acceptors (Lipinski definition) is 5. The van der Waals surface area contributed by atoms with Gasteiger partial charge in [-0.1, -0.05) is 11.8 Å². The Morgan fingerprint density at radius 1 is 1.52 bits per heavy atom. The van der Waals surface area contributed by atoms with Crippen molar-refractivity contribution >= 4 is 23.6 Å². The van der Waals surface area contributed by atoms with Crippen LogP contribution >= 0.6 is 11.8 Å². The van der Waals surface area contributed by atoms with Crippen LogP contribution in [0.5, 0.6) is 0 Å². The van der Waals surface area contributed by atoms with E-state index in [0.717, 1.165) is 6.42 Å². The number of amides is 1. The van der Waals surface area contributed by atoms with Crippen LogP contribution in [-0.4, -0.2) is 55.5 Å². The van der Waals surface area contributed by atoms with Crippen molar-refractivity contribution in [1.82, 2.24) is 19.7 Å². The quantitative estimate of drug-likeness (QED) is 0.824. The van der Waals surface area contributed by atoms with E-state index in [4.69, 9.17) is 5.11 Å². The van der Waals surface area contributed by atoms with Crippen molar-refractivity contribution in [3.8, 4) is 0 Å². The number of carboxylic acid groups (broad SMARTS) is 1. The summed E-state index contributed by atoms with van der Waals surface area (Å²) < 4.78 is 1.91. The summed E-state index contributed by atoms with van der Waals surface area (Å²) in [5, 5.41) is 17.6. The van der Waals surface area contributed by atoms with E-state index in [2.05, 4.69) is 10.2 Å². The fraction of sp³-hybridized carbons (Fsp3) is 0.692. The predicted octanol–water partition coefficient (Wildman–Crippen LogP) is 1.27. The second kappa shape index (κ2) is 6.93. The van der Waals surface area contributed by atoms with Gasteiger partial charge in [0.15, 0.2) is 5.16 Å². The summed E-state index contributed by atoms with van der Waals surface area (Å²) in [6.45, 7) is 5.00. The van der Waals surface area contributed by atoms with E-state index >= 15 is 0 Å². The molecule has 0 saturated carbocycles. The molecule has 0 aliphatic carbocycles. The molecule has 1 aliphatic heterocycles. The number of carboxylic acids is 1. The number of nitrogens with zero attached hydrogens (tertiary/aromatic N) is 4. The average molecular weight is 312 g/mol. The van der Waals surface area contributed by atoms with E-state index < -0.39 is 11.9 Å². The van der Waals surface area contributed by atoms with E-state index in [1.165, 1.54) is 11.8 Å². The van der Waals surface area contributed by atoms with Gasteiger partial charge >= 0.3 is 5.97 Å². The van der Waals surface area contributed by atoms with E-state index in [0.29, 0.717) is 24.7 Å². The molecule has 2 rings (SSSR count). The maximum absolute atomic E-state index is 12.2. The van der Waals surface area contributed by atoms with Gasteiger partial charge in [-0.15, -0.1) is 10.2 Å². The first kappa shape index (κ1) is 15.8. The maximum Gasteiger partial charge on any atom is 0.308 e. The Hall–Kier alpha value is -1.57. The minimum atomic E-state index is -0.820. The van der Waals surface area contributed by atoms with Crippen LogP contribution in [-0.2, 0) is 9.59 Å². The highest BCUT2D eigenvalue weighted by Gasteiger charge is 2.28. The van der Waals surface area contributed by atoms with E-state index in [1.807, 2.05) is 18.4 Å². The molecule has 1 aliphatic rings. The molecule has 7 nitrogen and oxygen atoms in total. The van der Waals surface area contributed by atoms with E-state index in [9.17, 15) is 9.59 Å². The van der Waals surface area contributed by atoms with Crippen molar-refractivity contribution in [1.29, 1.82) is 0 Å². The molecule has 1 aromatic heterocycles. The molecule has 1 amide bonds. The van der Waals surface area contributed by atoms with Crippen molar-refractivity contribution in [2.24, 2.45) is 5.92 Å². The summed E-state index contributed by atoms with van der Waals surface area (Å²) in [5.41, 5.74) is 0. The molecule has 8 heteroatoms. The van der Waals surface area contributed by atoms with E-state index in [-0.39, 0.29) is 17.7 Å². The zero-order valence-electron chi connectivity index (χ0n) is 12.2. The average Bonchev–Trinajstić information content (AvgIpc) is 2.93. The van der Waals surface area contributed by atoms with Crippen LogP contribution in [0.2, 0.25) is 0 Å². The SMILES string of the molecule is CC(C)n1cnnc1SCC(=O)N1CCCC(C(=O)O)C1. The van der Waals surface area contributed by atoms with Crippen LogP contribution in [0.1, 0.15) is 32.7 Å². The highest BCUT2D eigenvalue weighted by Crippen LogP contribution is 2.21. The zero-order valence-corrected chi connectivity index (χ0v) is 13.0. The largest absolute Gasteiger partial charge is 0.481 e. The fourth-order valence-corrected chi connectivity index (χ4v) is 3.26. The molecule has 21 heavy (non-hydrogen) atoms. The summed E-state index contributed by atoms with van der Waals surface area (Å²) in [6.07, 6.45) is 3.04.